The lowest BCUT2D eigenvalue weighted by atomic mass is 9.91. The van der Waals surface area contributed by atoms with Gasteiger partial charge in [-0.05, 0) is 55.4 Å². The molecule has 0 bridgehead atoms. The Hall–Kier alpha value is -2.56. The van der Waals surface area contributed by atoms with Gasteiger partial charge in [-0.15, -0.1) is 0 Å². The zero-order valence-corrected chi connectivity index (χ0v) is 14.0. The molecule has 1 aliphatic heterocycles. The number of aromatic hydroxyl groups is 2. The Morgan fingerprint density at radius 1 is 1.12 bits per heavy atom. The van der Waals surface area contributed by atoms with Gasteiger partial charge in [0.1, 0.15) is 22.9 Å². The van der Waals surface area contributed by atoms with Crippen molar-refractivity contribution >= 4 is 5.91 Å². The molecule has 3 rings (SSSR count). The number of carbonyl (C=O) groups is 1. The molecule has 1 aliphatic rings. The van der Waals surface area contributed by atoms with Crippen LogP contribution in [0, 0.1) is 11.7 Å². The van der Waals surface area contributed by atoms with Gasteiger partial charge in [-0.3, -0.25) is 4.79 Å². The van der Waals surface area contributed by atoms with Crippen LogP contribution < -0.4 is 0 Å². The topological polar surface area (TPSA) is 60.8 Å². The van der Waals surface area contributed by atoms with Gasteiger partial charge in [-0.25, -0.2) is 4.39 Å². The summed E-state index contributed by atoms with van der Waals surface area (Å²) in [6.07, 6.45) is 3.30. The molecule has 4 nitrogen and oxygen atoms in total. The number of aryl methyl sites for hydroxylation is 1. The number of benzene rings is 2. The van der Waals surface area contributed by atoms with Crippen molar-refractivity contribution < 1.29 is 19.4 Å². The van der Waals surface area contributed by atoms with Crippen LogP contribution in [0.1, 0.15) is 35.2 Å². The van der Waals surface area contributed by atoms with Gasteiger partial charge >= 0.3 is 0 Å². The Labute approximate surface area is 146 Å². The maximum atomic E-state index is 13.7. The van der Waals surface area contributed by atoms with Gasteiger partial charge in [-0.1, -0.05) is 24.3 Å². The van der Waals surface area contributed by atoms with Gasteiger partial charge < -0.3 is 15.1 Å². The first kappa shape index (κ1) is 17.3. The van der Waals surface area contributed by atoms with Crippen LogP contribution in [0.4, 0.5) is 4.39 Å². The molecule has 0 radical (unpaired) electrons. The Balaban J connectivity index is 1.65. The molecule has 0 spiro atoms. The van der Waals surface area contributed by atoms with Crippen molar-refractivity contribution in [3.05, 3.63) is 59.4 Å². The van der Waals surface area contributed by atoms with Crippen LogP contribution in [0.15, 0.2) is 42.5 Å². The SMILES string of the molecule is O=C(c1c(O)cccc1O)N1CCC[C@@H](CCc2ccccc2F)C1. The number of phenols is 2. The second-order valence-electron chi connectivity index (χ2n) is 6.56. The van der Waals surface area contributed by atoms with E-state index in [9.17, 15) is 19.4 Å². The molecule has 0 aromatic heterocycles. The summed E-state index contributed by atoms with van der Waals surface area (Å²) >= 11 is 0. The average Bonchev–Trinajstić information content (AvgIpc) is 2.61. The molecular weight excluding hydrogens is 321 g/mol. The molecular formula is C20H22FNO3. The van der Waals surface area contributed by atoms with Crippen molar-refractivity contribution in [1.29, 1.82) is 0 Å². The highest BCUT2D eigenvalue weighted by Gasteiger charge is 2.27. The van der Waals surface area contributed by atoms with E-state index in [0.717, 1.165) is 19.3 Å². The van der Waals surface area contributed by atoms with Crippen molar-refractivity contribution in [1.82, 2.24) is 4.90 Å². The highest BCUT2D eigenvalue weighted by molar-refractivity contribution is 5.99. The summed E-state index contributed by atoms with van der Waals surface area (Å²) in [4.78, 5) is 14.3. The van der Waals surface area contributed by atoms with Crippen LogP contribution in [0.3, 0.4) is 0 Å². The number of carbonyl (C=O) groups excluding carboxylic acids is 1. The lowest BCUT2D eigenvalue weighted by Crippen LogP contribution is -2.40. The molecule has 132 valence electrons. The number of likely N-dealkylation sites (tertiary alicyclic amines) is 1. The van der Waals surface area contributed by atoms with Crippen molar-refractivity contribution in [2.75, 3.05) is 13.1 Å². The van der Waals surface area contributed by atoms with Crippen LogP contribution in [0.2, 0.25) is 0 Å². The molecule has 2 aromatic rings. The third-order valence-electron chi connectivity index (χ3n) is 4.82. The lowest BCUT2D eigenvalue weighted by Gasteiger charge is -2.33. The first-order valence-electron chi connectivity index (χ1n) is 8.60. The predicted molar refractivity (Wildman–Crippen MR) is 93.1 cm³/mol. The highest BCUT2D eigenvalue weighted by atomic mass is 19.1. The zero-order chi connectivity index (χ0) is 17.8. The fourth-order valence-electron chi connectivity index (χ4n) is 3.45. The lowest BCUT2D eigenvalue weighted by molar-refractivity contribution is 0.0662. The van der Waals surface area contributed by atoms with E-state index >= 15 is 0 Å². The number of nitrogens with zero attached hydrogens (tertiary/aromatic N) is 1. The van der Waals surface area contributed by atoms with Gasteiger partial charge in [0.15, 0.2) is 0 Å². The van der Waals surface area contributed by atoms with E-state index in [-0.39, 0.29) is 34.7 Å². The monoisotopic (exact) mass is 343 g/mol. The molecule has 0 aliphatic carbocycles. The van der Waals surface area contributed by atoms with E-state index < -0.39 is 0 Å². The summed E-state index contributed by atoms with van der Waals surface area (Å²) in [5.41, 5.74) is 0.654. The van der Waals surface area contributed by atoms with Gasteiger partial charge in [-0.2, -0.15) is 0 Å². The minimum Gasteiger partial charge on any atom is -0.507 e. The molecule has 0 unspecified atom stereocenters. The van der Waals surface area contributed by atoms with Crippen LogP contribution in [-0.2, 0) is 6.42 Å². The second-order valence-corrected chi connectivity index (χ2v) is 6.56. The summed E-state index contributed by atoms with van der Waals surface area (Å²) in [5.74, 6) is -0.682. The standard InChI is InChI=1S/C20H22FNO3/c21-16-7-2-1-6-15(16)11-10-14-5-4-12-22(13-14)20(25)19-17(23)8-3-9-18(19)24/h1-3,6-9,14,23-24H,4-5,10-13H2/t14-/m0/s1. The van der Waals surface area contributed by atoms with Crippen molar-refractivity contribution in [2.45, 2.75) is 25.7 Å². The molecule has 2 aromatic carbocycles. The molecule has 1 amide bonds. The smallest absolute Gasteiger partial charge is 0.261 e. The largest absolute Gasteiger partial charge is 0.507 e. The zero-order valence-electron chi connectivity index (χ0n) is 14.0. The summed E-state index contributed by atoms with van der Waals surface area (Å²) in [6, 6.07) is 11.1. The first-order valence-corrected chi connectivity index (χ1v) is 8.60. The van der Waals surface area contributed by atoms with Gasteiger partial charge in [0, 0.05) is 13.1 Å². The third-order valence-corrected chi connectivity index (χ3v) is 4.82. The van der Waals surface area contributed by atoms with Crippen molar-refractivity contribution in [3.8, 4) is 11.5 Å². The maximum Gasteiger partial charge on any atom is 0.261 e. The van der Waals surface area contributed by atoms with Crippen LogP contribution in [-0.4, -0.2) is 34.1 Å². The summed E-state index contributed by atoms with van der Waals surface area (Å²) < 4.78 is 13.7. The minimum absolute atomic E-state index is 0.0442. The summed E-state index contributed by atoms with van der Waals surface area (Å²) in [6.45, 7) is 1.16. The Morgan fingerprint density at radius 3 is 2.56 bits per heavy atom. The Kier molecular flexibility index (Phi) is 5.22. The van der Waals surface area contributed by atoms with Crippen LogP contribution >= 0.6 is 0 Å². The van der Waals surface area contributed by atoms with Gasteiger partial charge in [0.05, 0.1) is 0 Å². The summed E-state index contributed by atoms with van der Waals surface area (Å²) in [7, 11) is 0. The van der Waals surface area contributed by atoms with E-state index in [1.54, 1.807) is 17.0 Å². The van der Waals surface area contributed by atoms with Crippen molar-refractivity contribution in [3.63, 3.8) is 0 Å². The van der Waals surface area contributed by atoms with E-state index in [2.05, 4.69) is 0 Å². The number of hydrogen-bond donors (Lipinski definition) is 2. The number of piperidine rings is 1. The quantitative estimate of drug-likeness (QED) is 0.889. The molecule has 1 heterocycles. The Morgan fingerprint density at radius 2 is 1.84 bits per heavy atom. The van der Waals surface area contributed by atoms with Gasteiger partial charge in [0.2, 0.25) is 0 Å². The van der Waals surface area contributed by atoms with Crippen LogP contribution in [0.25, 0.3) is 0 Å². The molecule has 2 N–H and O–H groups in total. The molecule has 25 heavy (non-hydrogen) atoms. The normalized spacial score (nSPS) is 17.5. The van der Waals surface area contributed by atoms with E-state index in [0.29, 0.717) is 25.1 Å². The molecule has 0 saturated carbocycles. The Bertz CT molecular complexity index is 742. The predicted octanol–water partition coefficient (Wildman–Crippen LogP) is 3.72. The second kappa shape index (κ2) is 7.55. The summed E-state index contributed by atoms with van der Waals surface area (Å²) in [5, 5.41) is 19.8. The molecule has 1 saturated heterocycles. The number of rotatable bonds is 4. The first-order chi connectivity index (χ1) is 12.1. The van der Waals surface area contributed by atoms with E-state index in [4.69, 9.17) is 0 Å². The number of phenolic OH excluding ortho intramolecular Hbond substituents is 2. The van der Waals surface area contributed by atoms with Crippen molar-refractivity contribution in [2.24, 2.45) is 5.92 Å². The number of amides is 1. The average molecular weight is 343 g/mol. The highest BCUT2D eigenvalue weighted by Crippen LogP contribution is 2.30. The molecule has 5 heteroatoms. The number of halogens is 1. The minimum atomic E-state index is -0.355. The van der Waals surface area contributed by atoms with E-state index in [1.165, 1.54) is 24.3 Å². The van der Waals surface area contributed by atoms with Crippen LogP contribution in [0.5, 0.6) is 11.5 Å². The van der Waals surface area contributed by atoms with Gasteiger partial charge in [0.25, 0.3) is 5.91 Å². The molecule has 1 fully saturated rings. The maximum absolute atomic E-state index is 13.7. The number of hydrogen-bond acceptors (Lipinski definition) is 3. The fourth-order valence-corrected chi connectivity index (χ4v) is 3.45. The van der Waals surface area contributed by atoms with E-state index in [1.807, 2.05) is 6.07 Å². The third kappa shape index (κ3) is 3.92. The molecule has 1 atom stereocenters. The fraction of sp³-hybridized carbons (Fsp3) is 0.350.